The van der Waals surface area contributed by atoms with E-state index in [1.54, 1.807) is 0 Å². The van der Waals surface area contributed by atoms with Gasteiger partial charge in [-0.05, 0) is 20.8 Å². The number of benzene rings is 1. The van der Waals surface area contributed by atoms with Crippen molar-refractivity contribution in [3.63, 3.8) is 0 Å². The van der Waals surface area contributed by atoms with Crippen LogP contribution in [0.2, 0.25) is 0 Å². The fourth-order valence-corrected chi connectivity index (χ4v) is 2.92. The van der Waals surface area contributed by atoms with Gasteiger partial charge in [-0.3, -0.25) is 4.79 Å². The first-order chi connectivity index (χ1) is 10.4. The second kappa shape index (κ2) is 7.75. The minimum atomic E-state index is -0.469. The van der Waals surface area contributed by atoms with Gasteiger partial charge in [0.15, 0.2) is 6.29 Å². The number of carbonyl (C=O) groups excluding carboxylic acids is 1. The zero-order valence-electron chi connectivity index (χ0n) is 13.3. The van der Waals surface area contributed by atoms with Crippen LogP contribution in [0.5, 0.6) is 0 Å². The minimum absolute atomic E-state index is 0.0898. The molecule has 0 amide bonds. The highest BCUT2D eigenvalue weighted by Gasteiger charge is 2.32. The van der Waals surface area contributed by atoms with Crippen LogP contribution in [0.4, 0.5) is 0 Å². The predicted octanol–water partition coefficient (Wildman–Crippen LogP) is 4.03. The van der Waals surface area contributed by atoms with Crippen LogP contribution in [0, 0.1) is 0 Å². The van der Waals surface area contributed by atoms with Crippen molar-refractivity contribution in [2.45, 2.75) is 57.7 Å². The molecule has 1 fully saturated rings. The van der Waals surface area contributed by atoms with Crippen molar-refractivity contribution < 1.29 is 19.0 Å². The number of hydrogen-bond acceptors (Lipinski definition) is 4. The van der Waals surface area contributed by atoms with Crippen LogP contribution < -0.4 is 0 Å². The van der Waals surface area contributed by atoms with E-state index in [1.165, 1.54) is 0 Å². The number of hydrogen-bond donors (Lipinski definition) is 0. The maximum absolute atomic E-state index is 12.0. The van der Waals surface area contributed by atoms with Gasteiger partial charge in [-0.2, -0.15) is 0 Å². The number of halogens is 1. The fraction of sp³-hybridized carbons (Fsp3) is 0.588. The molecule has 0 aromatic heterocycles. The molecule has 0 spiro atoms. The summed E-state index contributed by atoms with van der Waals surface area (Å²) in [5, 5.41) is 0. The third-order valence-electron chi connectivity index (χ3n) is 3.22. The average molecular weight is 418 g/mol. The van der Waals surface area contributed by atoms with Crippen LogP contribution in [0.15, 0.2) is 30.3 Å². The summed E-state index contributed by atoms with van der Waals surface area (Å²) in [6.07, 6.45) is 0.477. The lowest BCUT2D eigenvalue weighted by molar-refractivity contribution is -0.244. The molecule has 1 heterocycles. The van der Waals surface area contributed by atoms with Crippen LogP contribution in [-0.2, 0) is 19.0 Å². The molecule has 0 bridgehead atoms. The van der Waals surface area contributed by atoms with Crippen LogP contribution >= 0.6 is 22.6 Å². The number of esters is 1. The van der Waals surface area contributed by atoms with Crippen LogP contribution in [-0.4, -0.2) is 28.2 Å². The summed E-state index contributed by atoms with van der Waals surface area (Å²) < 4.78 is 18.2. The molecule has 22 heavy (non-hydrogen) atoms. The third kappa shape index (κ3) is 5.52. The van der Waals surface area contributed by atoms with Crippen molar-refractivity contribution in [1.82, 2.24) is 0 Å². The molecule has 0 aliphatic carbocycles. The lowest BCUT2D eigenvalue weighted by Gasteiger charge is -2.35. The van der Waals surface area contributed by atoms with Crippen LogP contribution in [0.3, 0.4) is 0 Å². The van der Waals surface area contributed by atoms with Gasteiger partial charge < -0.3 is 14.2 Å². The molecule has 1 aromatic carbocycles. The second-order valence-corrected chi connectivity index (χ2v) is 7.32. The Bertz CT molecular complexity index is 483. The molecule has 0 N–H and O–H groups in total. The standard InChI is InChI=1S/C17H23IO4/c1-17(2,3)22-15(19)10-13-9-14(11-18)21-16(20-13)12-7-5-4-6-8-12/h4-8,13-14,16H,9-11H2,1-3H3/t13-,14+,16?/m1/s1. The van der Waals surface area contributed by atoms with Gasteiger partial charge in [0.05, 0.1) is 18.6 Å². The topological polar surface area (TPSA) is 44.8 Å². The normalized spacial score (nSPS) is 25.7. The molecule has 0 radical (unpaired) electrons. The summed E-state index contributed by atoms with van der Waals surface area (Å²) in [6.45, 7) is 5.61. The van der Waals surface area contributed by atoms with Crippen LogP contribution in [0.25, 0.3) is 0 Å². The highest BCUT2D eigenvalue weighted by atomic mass is 127. The molecule has 1 aliphatic rings. The minimum Gasteiger partial charge on any atom is -0.460 e. The lowest BCUT2D eigenvalue weighted by atomic mass is 10.1. The maximum atomic E-state index is 12.0. The summed E-state index contributed by atoms with van der Waals surface area (Å²) in [6, 6.07) is 9.83. The molecule has 0 saturated carbocycles. The summed E-state index contributed by atoms with van der Waals surface area (Å²) in [4.78, 5) is 12.0. The van der Waals surface area contributed by atoms with Gasteiger partial charge in [0.2, 0.25) is 0 Å². The van der Waals surface area contributed by atoms with E-state index in [9.17, 15) is 4.79 Å². The molecular formula is C17H23IO4. The van der Waals surface area contributed by atoms with Gasteiger partial charge in [0, 0.05) is 16.4 Å². The number of alkyl halides is 1. The van der Waals surface area contributed by atoms with Crippen molar-refractivity contribution in [2.75, 3.05) is 4.43 Å². The van der Waals surface area contributed by atoms with E-state index in [2.05, 4.69) is 22.6 Å². The summed E-state index contributed by atoms with van der Waals surface area (Å²) in [7, 11) is 0. The van der Waals surface area contributed by atoms with E-state index in [0.29, 0.717) is 6.42 Å². The van der Waals surface area contributed by atoms with Gasteiger partial charge in [0.25, 0.3) is 0 Å². The predicted molar refractivity (Wildman–Crippen MR) is 92.9 cm³/mol. The Morgan fingerprint density at radius 3 is 2.45 bits per heavy atom. The Morgan fingerprint density at radius 2 is 1.86 bits per heavy atom. The van der Waals surface area contributed by atoms with Crippen molar-refractivity contribution in [1.29, 1.82) is 0 Å². The summed E-state index contributed by atoms with van der Waals surface area (Å²) in [5.41, 5.74) is 0.509. The molecular weight excluding hydrogens is 395 g/mol. The first kappa shape index (κ1) is 17.7. The Balaban J connectivity index is 2.00. The highest BCUT2D eigenvalue weighted by Crippen LogP contribution is 2.32. The second-order valence-electron chi connectivity index (χ2n) is 6.44. The largest absolute Gasteiger partial charge is 0.460 e. The monoisotopic (exact) mass is 418 g/mol. The van der Waals surface area contributed by atoms with Gasteiger partial charge in [-0.25, -0.2) is 0 Å². The molecule has 5 heteroatoms. The van der Waals surface area contributed by atoms with E-state index in [-0.39, 0.29) is 24.6 Å². The Kier molecular flexibility index (Phi) is 6.23. The SMILES string of the molecule is CC(C)(C)OC(=O)C[C@H]1C[C@@H](CI)OC(c2ccccc2)O1. The fourth-order valence-electron chi connectivity index (χ4n) is 2.35. The molecule has 3 atom stereocenters. The number of carbonyl (C=O) groups is 1. The van der Waals surface area contributed by atoms with E-state index in [4.69, 9.17) is 14.2 Å². The number of rotatable bonds is 4. The first-order valence-corrected chi connectivity index (χ1v) is 9.03. The summed E-state index contributed by atoms with van der Waals surface area (Å²) >= 11 is 2.31. The molecule has 4 nitrogen and oxygen atoms in total. The summed E-state index contributed by atoms with van der Waals surface area (Å²) in [5.74, 6) is -0.224. The van der Waals surface area contributed by atoms with Gasteiger partial charge in [0.1, 0.15) is 5.60 Å². The van der Waals surface area contributed by atoms with E-state index in [0.717, 1.165) is 9.99 Å². The van der Waals surface area contributed by atoms with Crippen molar-refractivity contribution >= 4 is 28.6 Å². The van der Waals surface area contributed by atoms with E-state index >= 15 is 0 Å². The quantitative estimate of drug-likeness (QED) is 0.421. The van der Waals surface area contributed by atoms with Gasteiger partial charge >= 0.3 is 5.97 Å². The molecule has 1 saturated heterocycles. The zero-order valence-corrected chi connectivity index (χ0v) is 15.4. The molecule has 1 unspecified atom stereocenters. The Morgan fingerprint density at radius 1 is 1.23 bits per heavy atom. The molecule has 1 aromatic rings. The van der Waals surface area contributed by atoms with E-state index < -0.39 is 11.9 Å². The lowest BCUT2D eigenvalue weighted by Crippen LogP contribution is -2.37. The average Bonchev–Trinajstić information content (AvgIpc) is 2.45. The highest BCUT2D eigenvalue weighted by molar-refractivity contribution is 14.1. The third-order valence-corrected chi connectivity index (χ3v) is 4.20. The maximum Gasteiger partial charge on any atom is 0.308 e. The Labute approximate surface area is 145 Å². The van der Waals surface area contributed by atoms with Crippen LogP contribution in [0.1, 0.15) is 45.5 Å². The molecule has 122 valence electrons. The van der Waals surface area contributed by atoms with Gasteiger partial charge in [-0.15, -0.1) is 0 Å². The van der Waals surface area contributed by atoms with Crippen molar-refractivity contribution in [3.8, 4) is 0 Å². The van der Waals surface area contributed by atoms with E-state index in [1.807, 2.05) is 51.1 Å². The smallest absolute Gasteiger partial charge is 0.308 e. The van der Waals surface area contributed by atoms with Crippen molar-refractivity contribution in [2.24, 2.45) is 0 Å². The zero-order chi connectivity index (χ0) is 16.2. The van der Waals surface area contributed by atoms with Gasteiger partial charge in [-0.1, -0.05) is 52.9 Å². The molecule has 1 aliphatic heterocycles. The molecule has 2 rings (SSSR count). The first-order valence-electron chi connectivity index (χ1n) is 7.51. The Hall–Kier alpha value is -0.660. The van der Waals surface area contributed by atoms with Crippen molar-refractivity contribution in [3.05, 3.63) is 35.9 Å². The number of ether oxygens (including phenoxy) is 3.